The molecule has 160 valence electrons. The molecular formula is C24H19ClN4O3. The van der Waals surface area contributed by atoms with E-state index in [0.717, 1.165) is 0 Å². The number of hydrogen-bond donors (Lipinski definition) is 3. The zero-order valence-electron chi connectivity index (χ0n) is 17.1. The molecule has 0 radical (unpaired) electrons. The fourth-order valence-electron chi connectivity index (χ4n) is 3.16. The first-order valence-corrected chi connectivity index (χ1v) is 10.1. The molecule has 0 saturated carbocycles. The SMILES string of the molecule is Cc1onc(-c2ccccc2Cl)c1C(=O)Nc1cccc(NC(=O)Nc2ccccc2)c1. The van der Waals surface area contributed by atoms with Gasteiger partial charge >= 0.3 is 6.03 Å². The van der Waals surface area contributed by atoms with Crippen molar-refractivity contribution >= 4 is 40.6 Å². The molecule has 0 unspecified atom stereocenters. The van der Waals surface area contributed by atoms with E-state index in [1.807, 2.05) is 24.3 Å². The van der Waals surface area contributed by atoms with Crippen molar-refractivity contribution in [2.45, 2.75) is 6.92 Å². The van der Waals surface area contributed by atoms with Crippen LogP contribution >= 0.6 is 11.6 Å². The van der Waals surface area contributed by atoms with Crippen LogP contribution in [0.1, 0.15) is 16.1 Å². The van der Waals surface area contributed by atoms with Crippen LogP contribution in [-0.4, -0.2) is 17.1 Å². The maximum absolute atomic E-state index is 13.0. The van der Waals surface area contributed by atoms with Crippen LogP contribution in [-0.2, 0) is 0 Å². The number of nitrogens with one attached hydrogen (secondary N) is 3. The van der Waals surface area contributed by atoms with E-state index in [0.29, 0.717) is 44.7 Å². The van der Waals surface area contributed by atoms with E-state index in [1.165, 1.54) is 0 Å². The van der Waals surface area contributed by atoms with Crippen molar-refractivity contribution in [3.63, 3.8) is 0 Å². The molecular weight excluding hydrogens is 428 g/mol. The van der Waals surface area contributed by atoms with Crippen LogP contribution in [0.5, 0.6) is 0 Å². The normalized spacial score (nSPS) is 10.4. The third-order valence-corrected chi connectivity index (χ3v) is 4.96. The fourth-order valence-corrected chi connectivity index (χ4v) is 3.39. The maximum Gasteiger partial charge on any atom is 0.323 e. The van der Waals surface area contributed by atoms with Crippen molar-refractivity contribution in [1.29, 1.82) is 0 Å². The number of nitrogens with zero attached hydrogens (tertiary/aromatic N) is 1. The number of carbonyl (C=O) groups excluding carboxylic acids is 2. The molecule has 0 bridgehead atoms. The van der Waals surface area contributed by atoms with E-state index in [-0.39, 0.29) is 0 Å². The standard InChI is InChI=1S/C24H19ClN4O3/c1-15-21(22(29-32-15)19-12-5-6-13-20(19)25)23(30)26-17-10-7-11-18(14-17)28-24(31)27-16-8-3-2-4-9-16/h2-14H,1H3,(H,26,30)(H2,27,28,31). The predicted octanol–water partition coefficient (Wildman–Crippen LogP) is 6.20. The fraction of sp³-hybridized carbons (Fsp3) is 0.0417. The molecule has 3 amide bonds. The van der Waals surface area contributed by atoms with Crippen molar-refractivity contribution in [2.24, 2.45) is 0 Å². The highest BCUT2D eigenvalue weighted by atomic mass is 35.5. The molecule has 0 saturated heterocycles. The Balaban J connectivity index is 1.50. The Labute approximate surface area is 189 Å². The molecule has 0 aliphatic carbocycles. The van der Waals surface area contributed by atoms with Crippen LogP contribution in [0, 0.1) is 6.92 Å². The number of aromatic nitrogens is 1. The Morgan fingerprint density at radius 1 is 0.812 bits per heavy atom. The molecule has 4 aromatic rings. The molecule has 3 N–H and O–H groups in total. The number of rotatable bonds is 5. The lowest BCUT2D eigenvalue weighted by atomic mass is 10.1. The summed E-state index contributed by atoms with van der Waals surface area (Å²) >= 11 is 6.27. The molecule has 0 fully saturated rings. The van der Waals surface area contributed by atoms with Gasteiger partial charge in [0.15, 0.2) is 0 Å². The minimum absolute atomic E-state index is 0.290. The first-order valence-electron chi connectivity index (χ1n) is 9.77. The predicted molar refractivity (Wildman–Crippen MR) is 125 cm³/mol. The van der Waals surface area contributed by atoms with Gasteiger partial charge in [0.25, 0.3) is 5.91 Å². The summed E-state index contributed by atoms with van der Waals surface area (Å²) in [6, 6.07) is 22.6. The average Bonchev–Trinajstić information content (AvgIpc) is 3.16. The number of carbonyl (C=O) groups is 2. The average molecular weight is 447 g/mol. The number of benzene rings is 3. The van der Waals surface area contributed by atoms with Gasteiger partial charge in [-0.3, -0.25) is 4.79 Å². The Bertz CT molecular complexity index is 1270. The topological polar surface area (TPSA) is 96.3 Å². The van der Waals surface area contributed by atoms with E-state index in [4.69, 9.17) is 16.1 Å². The van der Waals surface area contributed by atoms with Gasteiger partial charge in [-0.1, -0.05) is 59.2 Å². The third kappa shape index (κ3) is 4.79. The van der Waals surface area contributed by atoms with E-state index in [1.54, 1.807) is 61.5 Å². The van der Waals surface area contributed by atoms with E-state index in [2.05, 4.69) is 21.1 Å². The number of amides is 3. The van der Waals surface area contributed by atoms with Crippen LogP contribution in [0.4, 0.5) is 21.9 Å². The van der Waals surface area contributed by atoms with Crippen molar-refractivity contribution in [2.75, 3.05) is 16.0 Å². The molecule has 0 aliphatic rings. The number of anilines is 3. The van der Waals surface area contributed by atoms with Crippen molar-refractivity contribution in [3.05, 3.63) is 95.2 Å². The minimum Gasteiger partial charge on any atom is -0.360 e. The second-order valence-electron chi connectivity index (χ2n) is 6.92. The van der Waals surface area contributed by atoms with E-state index >= 15 is 0 Å². The Kier molecular flexibility index (Phi) is 6.19. The van der Waals surface area contributed by atoms with Crippen molar-refractivity contribution < 1.29 is 14.1 Å². The van der Waals surface area contributed by atoms with Crippen LogP contribution in [0.3, 0.4) is 0 Å². The number of urea groups is 1. The third-order valence-electron chi connectivity index (χ3n) is 4.63. The highest BCUT2D eigenvalue weighted by Crippen LogP contribution is 2.31. The second kappa shape index (κ2) is 9.36. The van der Waals surface area contributed by atoms with Gasteiger partial charge in [-0.2, -0.15) is 0 Å². The highest BCUT2D eigenvalue weighted by Gasteiger charge is 2.23. The first kappa shape index (κ1) is 21.1. The van der Waals surface area contributed by atoms with Crippen LogP contribution in [0.15, 0.2) is 83.4 Å². The molecule has 4 rings (SSSR count). The molecule has 1 aromatic heterocycles. The number of aryl methyl sites for hydroxylation is 1. The maximum atomic E-state index is 13.0. The molecule has 32 heavy (non-hydrogen) atoms. The zero-order chi connectivity index (χ0) is 22.5. The lowest BCUT2D eigenvalue weighted by molar-refractivity contribution is 0.102. The zero-order valence-corrected chi connectivity index (χ0v) is 17.8. The Hall–Kier alpha value is -4.10. The smallest absolute Gasteiger partial charge is 0.323 e. The highest BCUT2D eigenvalue weighted by molar-refractivity contribution is 6.33. The van der Waals surface area contributed by atoms with Crippen LogP contribution < -0.4 is 16.0 Å². The van der Waals surface area contributed by atoms with Gasteiger partial charge in [0.1, 0.15) is 17.0 Å². The lowest BCUT2D eigenvalue weighted by Gasteiger charge is -2.10. The number of halogens is 1. The minimum atomic E-state index is -0.399. The van der Waals surface area contributed by atoms with Crippen molar-refractivity contribution in [1.82, 2.24) is 5.16 Å². The summed E-state index contributed by atoms with van der Waals surface area (Å²) in [6.07, 6.45) is 0. The summed E-state index contributed by atoms with van der Waals surface area (Å²) in [5, 5.41) is 12.8. The Morgan fingerprint density at radius 3 is 2.19 bits per heavy atom. The largest absolute Gasteiger partial charge is 0.360 e. The monoisotopic (exact) mass is 446 g/mol. The molecule has 0 atom stereocenters. The summed E-state index contributed by atoms with van der Waals surface area (Å²) in [5.41, 5.74) is 2.94. The van der Waals surface area contributed by atoms with E-state index < -0.39 is 11.9 Å². The van der Waals surface area contributed by atoms with E-state index in [9.17, 15) is 9.59 Å². The van der Waals surface area contributed by atoms with Gasteiger partial charge in [-0.25, -0.2) is 4.79 Å². The quantitative estimate of drug-likeness (QED) is 0.340. The Morgan fingerprint density at radius 2 is 1.44 bits per heavy atom. The van der Waals surface area contributed by atoms with Crippen molar-refractivity contribution in [3.8, 4) is 11.3 Å². The number of para-hydroxylation sites is 1. The van der Waals surface area contributed by atoms with Gasteiger partial charge in [-0.15, -0.1) is 0 Å². The van der Waals surface area contributed by atoms with Gasteiger partial charge in [-0.05, 0) is 43.3 Å². The second-order valence-corrected chi connectivity index (χ2v) is 7.33. The number of hydrogen-bond acceptors (Lipinski definition) is 4. The molecule has 3 aromatic carbocycles. The van der Waals surface area contributed by atoms with Gasteiger partial charge in [0.05, 0.1) is 5.02 Å². The summed E-state index contributed by atoms with van der Waals surface area (Å²) in [7, 11) is 0. The van der Waals surface area contributed by atoms with Gasteiger partial charge < -0.3 is 20.5 Å². The van der Waals surface area contributed by atoms with Crippen LogP contribution in [0.25, 0.3) is 11.3 Å². The summed E-state index contributed by atoms with van der Waals surface area (Å²) < 4.78 is 5.26. The molecule has 1 heterocycles. The summed E-state index contributed by atoms with van der Waals surface area (Å²) in [4.78, 5) is 25.3. The molecule has 0 spiro atoms. The molecule has 8 heteroatoms. The summed E-state index contributed by atoms with van der Waals surface area (Å²) in [5.74, 6) is -0.0292. The lowest BCUT2D eigenvalue weighted by Crippen LogP contribution is -2.19. The first-order chi connectivity index (χ1) is 15.5. The van der Waals surface area contributed by atoms with Gasteiger partial charge in [0, 0.05) is 22.6 Å². The summed E-state index contributed by atoms with van der Waals surface area (Å²) in [6.45, 7) is 1.66. The van der Waals surface area contributed by atoms with Gasteiger partial charge in [0.2, 0.25) is 0 Å². The van der Waals surface area contributed by atoms with Crippen LogP contribution in [0.2, 0.25) is 5.02 Å². The molecule has 0 aliphatic heterocycles. The molecule has 7 nitrogen and oxygen atoms in total.